The third kappa shape index (κ3) is 5.83. The summed E-state index contributed by atoms with van der Waals surface area (Å²) in [5.41, 5.74) is 4.73. The Bertz CT molecular complexity index is 1050. The number of nitrogens with two attached hydrogens (primary N) is 1. The minimum atomic E-state index is -1.12. The third-order valence-corrected chi connectivity index (χ3v) is 5.42. The summed E-state index contributed by atoms with van der Waals surface area (Å²) < 4.78 is 31.8. The van der Waals surface area contributed by atoms with E-state index < -0.39 is 47.5 Å². The Labute approximate surface area is 188 Å². The molecule has 2 aromatic rings. The highest BCUT2D eigenvalue weighted by Crippen LogP contribution is 2.31. The number of nitrogens with zero attached hydrogens (tertiary/aromatic N) is 1. The lowest BCUT2D eigenvalue weighted by atomic mass is 10.1. The van der Waals surface area contributed by atoms with E-state index in [-0.39, 0.29) is 25.6 Å². The number of aromatic nitrogens is 2. The van der Waals surface area contributed by atoms with Crippen molar-refractivity contribution in [1.29, 1.82) is 0 Å². The van der Waals surface area contributed by atoms with Crippen molar-refractivity contribution in [3.63, 3.8) is 0 Å². The number of esters is 1. The van der Waals surface area contributed by atoms with Crippen LogP contribution in [0.5, 0.6) is 0 Å². The normalized spacial score (nSPS) is 21.6. The van der Waals surface area contributed by atoms with E-state index in [4.69, 9.17) is 31.5 Å². The summed E-state index contributed by atoms with van der Waals surface area (Å²) in [7, 11) is 0. The molecular formula is C21H25ClFN3O6. The summed E-state index contributed by atoms with van der Waals surface area (Å²) in [6.45, 7) is 3.64. The fourth-order valence-corrected chi connectivity index (χ4v) is 3.31. The average Bonchev–Trinajstić information content (AvgIpc) is 3.16. The first-order valence-electron chi connectivity index (χ1n) is 10.1. The highest BCUT2D eigenvalue weighted by Gasteiger charge is 2.39. The maximum absolute atomic E-state index is 13.7. The van der Waals surface area contributed by atoms with Gasteiger partial charge in [0, 0.05) is 11.4 Å². The van der Waals surface area contributed by atoms with Gasteiger partial charge in [-0.15, -0.1) is 0 Å². The molecule has 1 aromatic heterocycles. The number of benzene rings is 1. The first-order chi connectivity index (χ1) is 15.2. The summed E-state index contributed by atoms with van der Waals surface area (Å²) in [6, 6.07) is 6.26. The first kappa shape index (κ1) is 24.1. The Hall–Kier alpha value is -2.53. The van der Waals surface area contributed by atoms with Crippen molar-refractivity contribution in [1.82, 2.24) is 9.55 Å². The van der Waals surface area contributed by atoms with Gasteiger partial charge in [0.25, 0.3) is 5.56 Å². The molecule has 0 radical (unpaired) electrons. The number of ether oxygens (including phenoxy) is 3. The van der Waals surface area contributed by atoms with E-state index in [0.29, 0.717) is 5.02 Å². The molecule has 0 bridgehead atoms. The number of nitrogens with one attached hydrogen (secondary N) is 1. The predicted octanol–water partition coefficient (Wildman–Crippen LogP) is 1.73. The molecule has 1 aliphatic heterocycles. The predicted molar refractivity (Wildman–Crippen MR) is 114 cm³/mol. The van der Waals surface area contributed by atoms with Crippen LogP contribution in [-0.4, -0.2) is 40.4 Å². The van der Waals surface area contributed by atoms with Crippen LogP contribution in [-0.2, 0) is 25.6 Å². The molecule has 0 spiro atoms. The molecule has 0 aliphatic carbocycles. The Morgan fingerprint density at radius 2 is 2.03 bits per heavy atom. The van der Waals surface area contributed by atoms with Crippen molar-refractivity contribution < 1.29 is 23.4 Å². The van der Waals surface area contributed by atoms with Gasteiger partial charge in [-0.25, -0.2) is 4.79 Å². The van der Waals surface area contributed by atoms with E-state index in [1.54, 1.807) is 38.1 Å². The molecular weight excluding hydrogens is 445 g/mol. The number of hydrogen-bond donors (Lipinski definition) is 2. The zero-order valence-corrected chi connectivity index (χ0v) is 18.4. The van der Waals surface area contributed by atoms with Crippen molar-refractivity contribution in [2.75, 3.05) is 6.61 Å². The highest BCUT2D eigenvalue weighted by atomic mass is 35.5. The van der Waals surface area contributed by atoms with Gasteiger partial charge in [0.05, 0.1) is 18.9 Å². The summed E-state index contributed by atoms with van der Waals surface area (Å²) in [5.74, 6) is -1.82. The minimum absolute atomic E-state index is 0.112. The lowest BCUT2D eigenvalue weighted by molar-refractivity contribution is -0.154. The maximum atomic E-state index is 13.7. The number of H-pyrrole nitrogens is 1. The second-order valence-electron chi connectivity index (χ2n) is 7.88. The van der Waals surface area contributed by atoms with Crippen molar-refractivity contribution in [3.8, 4) is 0 Å². The van der Waals surface area contributed by atoms with E-state index in [1.165, 1.54) is 0 Å². The van der Waals surface area contributed by atoms with Crippen molar-refractivity contribution in [3.05, 3.63) is 67.7 Å². The van der Waals surface area contributed by atoms with E-state index in [2.05, 4.69) is 0 Å². The van der Waals surface area contributed by atoms with Gasteiger partial charge >= 0.3 is 11.7 Å². The molecule has 3 rings (SSSR count). The zero-order chi connectivity index (χ0) is 23.4. The van der Waals surface area contributed by atoms with Gasteiger partial charge in [0.15, 0.2) is 0 Å². The minimum Gasteiger partial charge on any atom is -0.462 e. The Morgan fingerprint density at radius 3 is 2.69 bits per heavy atom. The summed E-state index contributed by atoms with van der Waals surface area (Å²) in [4.78, 5) is 37.5. The van der Waals surface area contributed by atoms with E-state index in [0.717, 1.165) is 16.3 Å². The molecule has 0 amide bonds. The number of halogens is 2. The quantitative estimate of drug-likeness (QED) is 0.564. The van der Waals surface area contributed by atoms with Crippen LogP contribution in [0, 0.1) is 11.7 Å². The number of hydrogen-bond acceptors (Lipinski definition) is 7. The molecule has 4 atom stereocenters. The molecule has 2 heterocycles. The van der Waals surface area contributed by atoms with Crippen LogP contribution in [0.25, 0.3) is 0 Å². The number of carbonyl (C=O) groups is 1. The Morgan fingerprint density at radius 1 is 1.34 bits per heavy atom. The monoisotopic (exact) mass is 469 g/mol. The summed E-state index contributed by atoms with van der Waals surface area (Å²) in [5, 5.41) is 0.587. The molecule has 9 nitrogen and oxygen atoms in total. The number of aromatic amines is 1. The molecule has 1 saturated heterocycles. The molecule has 3 N–H and O–H groups in total. The lowest BCUT2D eigenvalue weighted by Crippen LogP contribution is -2.39. The number of rotatable bonds is 8. The van der Waals surface area contributed by atoms with Crippen molar-refractivity contribution >= 4 is 17.6 Å². The molecule has 32 heavy (non-hydrogen) atoms. The topological polar surface area (TPSA) is 126 Å². The van der Waals surface area contributed by atoms with Crippen LogP contribution in [0.2, 0.25) is 5.02 Å². The third-order valence-electron chi connectivity index (χ3n) is 5.17. The molecule has 174 valence electrons. The first-order valence-corrected chi connectivity index (χ1v) is 10.5. The van der Waals surface area contributed by atoms with Crippen LogP contribution in [0.15, 0.2) is 40.1 Å². The summed E-state index contributed by atoms with van der Waals surface area (Å²) >= 11 is 5.90. The van der Waals surface area contributed by atoms with E-state index in [9.17, 15) is 18.8 Å². The summed E-state index contributed by atoms with van der Waals surface area (Å²) in [6.07, 6.45) is -1.30. The fraction of sp³-hybridized carbons (Fsp3) is 0.476. The molecule has 0 saturated carbocycles. The molecule has 0 unspecified atom stereocenters. The zero-order valence-electron chi connectivity index (χ0n) is 17.6. The van der Waals surface area contributed by atoms with Gasteiger partial charge in [-0.05, 0) is 23.6 Å². The smallest absolute Gasteiger partial charge is 0.330 e. The SMILES string of the molecule is CC(C)[C@H](N)C(=O)OC[C@H]1O[C@@H](n2cc(F)c(=O)[nH]c2=O)C[C@@H]1OCc1ccc(Cl)cc1. The van der Waals surface area contributed by atoms with Gasteiger partial charge < -0.3 is 19.9 Å². The van der Waals surface area contributed by atoms with Crippen LogP contribution >= 0.6 is 11.6 Å². The van der Waals surface area contributed by atoms with Gasteiger partial charge in [-0.1, -0.05) is 37.6 Å². The maximum Gasteiger partial charge on any atom is 0.330 e. The van der Waals surface area contributed by atoms with Gasteiger partial charge in [-0.2, -0.15) is 4.39 Å². The van der Waals surface area contributed by atoms with Crippen LogP contribution < -0.4 is 17.0 Å². The molecule has 1 aliphatic rings. The highest BCUT2D eigenvalue weighted by molar-refractivity contribution is 6.30. The van der Waals surface area contributed by atoms with Gasteiger partial charge in [0.1, 0.15) is 25.0 Å². The van der Waals surface area contributed by atoms with Crippen molar-refractivity contribution in [2.24, 2.45) is 11.7 Å². The number of carbonyl (C=O) groups excluding carboxylic acids is 1. The average molecular weight is 470 g/mol. The molecule has 1 fully saturated rings. The Kier molecular flexibility index (Phi) is 7.83. The molecule has 1 aromatic carbocycles. The van der Waals surface area contributed by atoms with Crippen LogP contribution in [0.3, 0.4) is 0 Å². The second kappa shape index (κ2) is 10.4. The fourth-order valence-electron chi connectivity index (χ4n) is 3.19. The van der Waals surface area contributed by atoms with Crippen LogP contribution in [0.1, 0.15) is 32.1 Å². The lowest BCUT2D eigenvalue weighted by Gasteiger charge is -2.21. The largest absolute Gasteiger partial charge is 0.462 e. The van der Waals surface area contributed by atoms with Crippen molar-refractivity contribution in [2.45, 2.75) is 51.4 Å². The second-order valence-corrected chi connectivity index (χ2v) is 8.32. The van der Waals surface area contributed by atoms with E-state index >= 15 is 0 Å². The van der Waals surface area contributed by atoms with Gasteiger partial charge in [0.2, 0.25) is 5.82 Å². The van der Waals surface area contributed by atoms with E-state index in [1.807, 2.05) is 4.98 Å². The Balaban J connectivity index is 1.74. The van der Waals surface area contributed by atoms with Crippen LogP contribution in [0.4, 0.5) is 4.39 Å². The van der Waals surface area contributed by atoms with Gasteiger partial charge in [-0.3, -0.25) is 19.1 Å². The molecule has 11 heteroatoms. The standard InChI is InChI=1S/C21H25ClFN3O6/c1-11(2)18(24)20(28)31-10-16-15(30-9-12-3-5-13(22)6-4-12)7-17(32-16)26-8-14(23)19(27)25-21(26)29/h3-6,8,11,15-18H,7,9-10,24H2,1-2H3,(H,25,27,29)/t15-,16+,17+,18-/m0/s1.